The van der Waals surface area contributed by atoms with Crippen LogP contribution in [0.15, 0.2) is 57.7 Å². The lowest BCUT2D eigenvalue weighted by atomic mass is 10.0. The molecule has 1 saturated heterocycles. The summed E-state index contributed by atoms with van der Waals surface area (Å²) in [6.07, 6.45) is 0.906. The summed E-state index contributed by atoms with van der Waals surface area (Å²) in [7, 11) is 1.39. The van der Waals surface area contributed by atoms with Crippen molar-refractivity contribution in [1.29, 1.82) is 0 Å². The number of carbonyl (C=O) groups is 1. The van der Waals surface area contributed by atoms with Crippen molar-refractivity contribution in [3.63, 3.8) is 0 Å². The Bertz CT molecular complexity index is 1140. The van der Waals surface area contributed by atoms with Crippen LogP contribution in [0.1, 0.15) is 35.3 Å². The number of methoxy groups -OCH3 is 1. The van der Waals surface area contributed by atoms with Gasteiger partial charge in [-0.1, -0.05) is 19.1 Å². The second-order valence-electron chi connectivity index (χ2n) is 8.08. The topological polar surface area (TPSA) is 63.0 Å². The van der Waals surface area contributed by atoms with E-state index >= 15 is 0 Å². The third-order valence-corrected chi connectivity index (χ3v) is 6.09. The lowest BCUT2D eigenvalue weighted by Gasteiger charge is -2.41. The fourth-order valence-corrected chi connectivity index (χ4v) is 4.23. The number of hydrogen-bond donors (Lipinski definition) is 0. The fourth-order valence-electron chi connectivity index (χ4n) is 4.23. The number of hydrogen-bond acceptors (Lipinski definition) is 6. The summed E-state index contributed by atoms with van der Waals surface area (Å²) in [5.74, 6) is -0.324. The van der Waals surface area contributed by atoms with Gasteiger partial charge in [-0.25, -0.2) is 9.59 Å². The Labute approximate surface area is 182 Å². The highest BCUT2D eigenvalue weighted by molar-refractivity contribution is 5.89. The van der Waals surface area contributed by atoms with Crippen LogP contribution >= 0.6 is 0 Å². The molecule has 1 aliphatic rings. The van der Waals surface area contributed by atoms with E-state index in [1.165, 1.54) is 7.11 Å². The molecule has 0 bridgehead atoms. The summed E-state index contributed by atoms with van der Waals surface area (Å²) in [5.41, 5.74) is 4.19. The molecule has 1 fully saturated rings. The van der Waals surface area contributed by atoms with Gasteiger partial charge in [0.15, 0.2) is 0 Å². The smallest absolute Gasteiger partial charge is 0.337 e. The number of fused-ring (bicyclic) bond motifs is 1. The van der Waals surface area contributed by atoms with Gasteiger partial charge in [-0.2, -0.15) is 0 Å². The van der Waals surface area contributed by atoms with Crippen LogP contribution in [0, 0.1) is 0 Å². The molecule has 6 heteroatoms. The standard InChI is InChI=1S/C25H28N2O4/c1-4-18-5-10-22-20(14-24(28)31-23(22)13-18)16-26-11-12-27(15-17(26)2)21-8-6-19(7-9-21)25(29)30-3/h5-10,13-14,17H,4,11-12,15-16H2,1-3H3. The molecule has 1 atom stereocenters. The molecule has 2 aromatic carbocycles. The molecule has 1 aliphatic heterocycles. The molecular weight excluding hydrogens is 392 g/mol. The van der Waals surface area contributed by atoms with Gasteiger partial charge in [0, 0.05) is 49.4 Å². The zero-order valence-corrected chi connectivity index (χ0v) is 18.3. The maximum absolute atomic E-state index is 12.1. The highest BCUT2D eigenvalue weighted by Crippen LogP contribution is 2.24. The van der Waals surface area contributed by atoms with Crippen molar-refractivity contribution >= 4 is 22.6 Å². The Morgan fingerprint density at radius 1 is 1.13 bits per heavy atom. The maximum atomic E-state index is 12.1. The summed E-state index contributed by atoms with van der Waals surface area (Å²) in [6, 6.07) is 15.6. The van der Waals surface area contributed by atoms with E-state index < -0.39 is 0 Å². The quantitative estimate of drug-likeness (QED) is 0.462. The second kappa shape index (κ2) is 8.94. The molecule has 4 rings (SSSR count). The zero-order chi connectivity index (χ0) is 22.0. The molecule has 1 aromatic heterocycles. The van der Waals surface area contributed by atoms with Crippen molar-refractivity contribution in [1.82, 2.24) is 4.90 Å². The SMILES string of the molecule is CCc1ccc2c(CN3CCN(c4ccc(C(=O)OC)cc4)CC3C)cc(=O)oc2c1. The van der Waals surface area contributed by atoms with Crippen molar-refractivity contribution in [3.05, 3.63) is 75.6 Å². The average molecular weight is 421 g/mol. The number of piperazine rings is 1. The van der Waals surface area contributed by atoms with Gasteiger partial charge in [0.25, 0.3) is 0 Å². The number of nitrogens with zero attached hydrogens (tertiary/aromatic N) is 2. The molecule has 0 radical (unpaired) electrons. The van der Waals surface area contributed by atoms with Crippen LogP contribution in [0.4, 0.5) is 5.69 Å². The number of esters is 1. The van der Waals surface area contributed by atoms with Crippen LogP contribution in [0.2, 0.25) is 0 Å². The van der Waals surface area contributed by atoms with Gasteiger partial charge < -0.3 is 14.1 Å². The number of anilines is 1. The van der Waals surface area contributed by atoms with Gasteiger partial charge in [-0.15, -0.1) is 0 Å². The monoisotopic (exact) mass is 420 g/mol. The summed E-state index contributed by atoms with van der Waals surface area (Å²) in [6.45, 7) is 7.64. The van der Waals surface area contributed by atoms with Crippen LogP contribution in [0.5, 0.6) is 0 Å². The number of rotatable bonds is 5. The molecule has 0 N–H and O–H groups in total. The van der Waals surface area contributed by atoms with Gasteiger partial charge >= 0.3 is 11.6 Å². The molecule has 1 unspecified atom stereocenters. The largest absolute Gasteiger partial charge is 0.465 e. The van der Waals surface area contributed by atoms with E-state index in [-0.39, 0.29) is 11.6 Å². The normalized spacial score (nSPS) is 17.1. The van der Waals surface area contributed by atoms with Crippen LogP contribution in [-0.2, 0) is 17.7 Å². The fraction of sp³-hybridized carbons (Fsp3) is 0.360. The third kappa shape index (κ3) is 4.49. The van der Waals surface area contributed by atoms with Crippen molar-refractivity contribution in [2.24, 2.45) is 0 Å². The van der Waals surface area contributed by atoms with E-state index in [0.29, 0.717) is 23.7 Å². The Hall–Kier alpha value is -3.12. The summed E-state index contributed by atoms with van der Waals surface area (Å²) < 4.78 is 10.2. The van der Waals surface area contributed by atoms with Gasteiger partial charge in [0.1, 0.15) is 5.58 Å². The lowest BCUT2D eigenvalue weighted by molar-refractivity contribution is 0.0600. The van der Waals surface area contributed by atoms with E-state index in [4.69, 9.17) is 9.15 Å². The molecule has 31 heavy (non-hydrogen) atoms. The Kier molecular flexibility index (Phi) is 6.09. The number of carbonyl (C=O) groups excluding carboxylic acids is 1. The van der Waals surface area contributed by atoms with Gasteiger partial charge in [0.05, 0.1) is 12.7 Å². The molecule has 0 aliphatic carbocycles. The van der Waals surface area contributed by atoms with Gasteiger partial charge in [-0.05, 0) is 54.8 Å². The van der Waals surface area contributed by atoms with E-state index in [1.54, 1.807) is 18.2 Å². The minimum Gasteiger partial charge on any atom is -0.465 e. The lowest BCUT2D eigenvalue weighted by Crippen LogP contribution is -2.51. The first-order valence-electron chi connectivity index (χ1n) is 10.7. The average Bonchev–Trinajstić information content (AvgIpc) is 2.79. The van der Waals surface area contributed by atoms with Crippen LogP contribution < -0.4 is 10.5 Å². The predicted molar refractivity (Wildman–Crippen MR) is 122 cm³/mol. The Balaban J connectivity index is 1.49. The first kappa shape index (κ1) is 21.1. The summed E-state index contributed by atoms with van der Waals surface area (Å²) >= 11 is 0. The highest BCUT2D eigenvalue weighted by atomic mass is 16.5. The predicted octanol–water partition coefficient (Wildman–Crippen LogP) is 3.85. The van der Waals surface area contributed by atoms with Crippen LogP contribution in [0.3, 0.4) is 0 Å². The first-order valence-corrected chi connectivity index (χ1v) is 10.7. The molecule has 162 valence electrons. The minimum atomic E-state index is -0.324. The summed E-state index contributed by atoms with van der Waals surface area (Å²) in [5, 5.41) is 1.00. The van der Waals surface area contributed by atoms with E-state index in [0.717, 1.165) is 48.3 Å². The van der Waals surface area contributed by atoms with Crippen molar-refractivity contribution in [2.45, 2.75) is 32.9 Å². The Morgan fingerprint density at radius 2 is 1.90 bits per heavy atom. The molecule has 0 spiro atoms. The summed E-state index contributed by atoms with van der Waals surface area (Å²) in [4.78, 5) is 28.5. The molecular formula is C25H28N2O4. The van der Waals surface area contributed by atoms with E-state index in [9.17, 15) is 9.59 Å². The number of aryl methyl sites for hydroxylation is 1. The van der Waals surface area contributed by atoms with Crippen molar-refractivity contribution in [3.8, 4) is 0 Å². The highest BCUT2D eigenvalue weighted by Gasteiger charge is 2.25. The molecule has 2 heterocycles. The minimum absolute atomic E-state index is 0.298. The van der Waals surface area contributed by atoms with E-state index in [1.807, 2.05) is 18.2 Å². The molecule has 3 aromatic rings. The molecule has 0 saturated carbocycles. The zero-order valence-electron chi connectivity index (χ0n) is 18.3. The third-order valence-electron chi connectivity index (χ3n) is 6.09. The number of ether oxygens (including phenoxy) is 1. The van der Waals surface area contributed by atoms with Crippen LogP contribution in [-0.4, -0.2) is 43.7 Å². The molecule has 0 amide bonds. The first-order chi connectivity index (χ1) is 15.0. The van der Waals surface area contributed by atoms with Gasteiger partial charge in [-0.3, -0.25) is 4.90 Å². The maximum Gasteiger partial charge on any atom is 0.337 e. The van der Waals surface area contributed by atoms with Crippen molar-refractivity contribution in [2.75, 3.05) is 31.6 Å². The van der Waals surface area contributed by atoms with E-state index in [2.05, 4.69) is 35.8 Å². The Morgan fingerprint density at radius 3 is 2.58 bits per heavy atom. The van der Waals surface area contributed by atoms with Crippen LogP contribution in [0.25, 0.3) is 11.0 Å². The van der Waals surface area contributed by atoms with Crippen molar-refractivity contribution < 1.29 is 13.9 Å². The van der Waals surface area contributed by atoms with Gasteiger partial charge in [0.2, 0.25) is 0 Å². The number of benzene rings is 2. The molecule has 6 nitrogen and oxygen atoms in total. The second-order valence-corrected chi connectivity index (χ2v) is 8.08.